The SMILES string of the molecule is CC(=O)OC1CCNC(Cc2cccc(F)c2)C1. The van der Waals surface area contributed by atoms with Gasteiger partial charge in [-0.05, 0) is 37.1 Å². The molecule has 2 rings (SSSR count). The van der Waals surface area contributed by atoms with E-state index >= 15 is 0 Å². The summed E-state index contributed by atoms with van der Waals surface area (Å²) in [5, 5.41) is 3.38. The molecule has 98 valence electrons. The number of ether oxygens (including phenoxy) is 1. The average Bonchev–Trinajstić information content (AvgIpc) is 2.28. The van der Waals surface area contributed by atoms with Crippen molar-refractivity contribution in [3.63, 3.8) is 0 Å². The third-order valence-corrected chi connectivity index (χ3v) is 3.15. The van der Waals surface area contributed by atoms with E-state index in [0.29, 0.717) is 0 Å². The number of carbonyl (C=O) groups is 1. The standard InChI is InChI=1S/C14H18FNO2/c1-10(17)18-14-5-6-16-13(9-14)8-11-3-2-4-12(15)7-11/h2-4,7,13-14,16H,5-6,8-9H2,1H3. The van der Waals surface area contributed by atoms with Gasteiger partial charge in [0.1, 0.15) is 11.9 Å². The summed E-state index contributed by atoms with van der Waals surface area (Å²) in [7, 11) is 0. The zero-order chi connectivity index (χ0) is 13.0. The highest BCUT2D eigenvalue weighted by Gasteiger charge is 2.23. The van der Waals surface area contributed by atoms with Gasteiger partial charge in [-0.3, -0.25) is 4.79 Å². The third kappa shape index (κ3) is 3.81. The Labute approximate surface area is 106 Å². The maximum atomic E-state index is 13.1. The van der Waals surface area contributed by atoms with Crippen LogP contribution in [0.4, 0.5) is 4.39 Å². The van der Waals surface area contributed by atoms with Crippen LogP contribution in [0.25, 0.3) is 0 Å². The molecule has 3 nitrogen and oxygen atoms in total. The highest BCUT2D eigenvalue weighted by Crippen LogP contribution is 2.16. The number of carbonyl (C=O) groups excluding carboxylic acids is 1. The average molecular weight is 251 g/mol. The molecule has 0 spiro atoms. The lowest BCUT2D eigenvalue weighted by Crippen LogP contribution is -2.42. The first-order valence-corrected chi connectivity index (χ1v) is 6.28. The minimum Gasteiger partial charge on any atom is -0.462 e. The van der Waals surface area contributed by atoms with Crippen molar-refractivity contribution in [3.8, 4) is 0 Å². The second-order valence-electron chi connectivity index (χ2n) is 4.74. The Kier molecular flexibility index (Phi) is 4.31. The summed E-state index contributed by atoms with van der Waals surface area (Å²) in [5.74, 6) is -0.439. The van der Waals surface area contributed by atoms with Crippen LogP contribution in [0.5, 0.6) is 0 Å². The molecule has 0 saturated carbocycles. The minimum absolute atomic E-state index is 0.0118. The molecule has 1 fully saturated rings. The maximum absolute atomic E-state index is 13.1. The van der Waals surface area contributed by atoms with Crippen LogP contribution in [0.1, 0.15) is 25.3 Å². The molecule has 0 amide bonds. The Morgan fingerprint density at radius 3 is 3.11 bits per heavy atom. The van der Waals surface area contributed by atoms with Crippen LogP contribution in [0.15, 0.2) is 24.3 Å². The largest absolute Gasteiger partial charge is 0.462 e. The molecular formula is C14H18FNO2. The van der Waals surface area contributed by atoms with Crippen molar-refractivity contribution < 1.29 is 13.9 Å². The molecule has 4 heteroatoms. The first-order chi connectivity index (χ1) is 8.63. The zero-order valence-electron chi connectivity index (χ0n) is 10.5. The molecule has 2 atom stereocenters. The smallest absolute Gasteiger partial charge is 0.302 e. The molecule has 18 heavy (non-hydrogen) atoms. The first kappa shape index (κ1) is 13.0. The normalized spacial score (nSPS) is 23.7. The van der Waals surface area contributed by atoms with Gasteiger partial charge in [0, 0.05) is 19.4 Å². The van der Waals surface area contributed by atoms with Crippen LogP contribution >= 0.6 is 0 Å². The van der Waals surface area contributed by atoms with Crippen LogP contribution in [-0.4, -0.2) is 24.7 Å². The second-order valence-corrected chi connectivity index (χ2v) is 4.74. The number of rotatable bonds is 3. The molecule has 1 aliphatic heterocycles. The van der Waals surface area contributed by atoms with Gasteiger partial charge >= 0.3 is 5.97 Å². The molecule has 1 aromatic rings. The van der Waals surface area contributed by atoms with E-state index in [2.05, 4.69) is 5.32 Å². The topological polar surface area (TPSA) is 38.3 Å². The molecule has 1 aliphatic rings. The van der Waals surface area contributed by atoms with Crippen molar-refractivity contribution in [2.45, 2.75) is 38.3 Å². The van der Waals surface area contributed by atoms with Gasteiger partial charge in [-0.25, -0.2) is 4.39 Å². The summed E-state index contributed by atoms with van der Waals surface area (Å²) < 4.78 is 18.3. The molecule has 1 N–H and O–H groups in total. The Morgan fingerprint density at radius 2 is 2.39 bits per heavy atom. The number of hydrogen-bond donors (Lipinski definition) is 1. The van der Waals surface area contributed by atoms with Crippen molar-refractivity contribution >= 4 is 5.97 Å². The lowest BCUT2D eigenvalue weighted by molar-refractivity contribution is -0.147. The summed E-state index contributed by atoms with van der Waals surface area (Å²) in [6.07, 6.45) is 2.38. The fourth-order valence-corrected chi connectivity index (χ4v) is 2.41. The van der Waals surface area contributed by atoms with E-state index in [9.17, 15) is 9.18 Å². The lowest BCUT2D eigenvalue weighted by Gasteiger charge is -2.30. The predicted molar refractivity (Wildman–Crippen MR) is 66.7 cm³/mol. The summed E-state index contributed by atoms with van der Waals surface area (Å²) in [4.78, 5) is 10.9. The number of halogens is 1. The van der Waals surface area contributed by atoms with Gasteiger partial charge in [-0.15, -0.1) is 0 Å². The summed E-state index contributed by atoms with van der Waals surface area (Å²) in [6, 6.07) is 6.87. The monoisotopic (exact) mass is 251 g/mol. The zero-order valence-corrected chi connectivity index (χ0v) is 10.5. The van der Waals surface area contributed by atoms with Crippen LogP contribution < -0.4 is 5.32 Å². The van der Waals surface area contributed by atoms with E-state index < -0.39 is 0 Å². The molecule has 0 aliphatic carbocycles. The fourth-order valence-electron chi connectivity index (χ4n) is 2.41. The Bertz CT molecular complexity index is 422. The summed E-state index contributed by atoms with van der Waals surface area (Å²) >= 11 is 0. The van der Waals surface area contributed by atoms with Crippen molar-refractivity contribution in [1.29, 1.82) is 0 Å². The lowest BCUT2D eigenvalue weighted by atomic mass is 9.96. The van der Waals surface area contributed by atoms with E-state index in [1.807, 2.05) is 6.07 Å². The highest BCUT2D eigenvalue weighted by molar-refractivity contribution is 5.66. The fraction of sp³-hybridized carbons (Fsp3) is 0.500. The molecule has 0 radical (unpaired) electrons. The molecule has 0 bridgehead atoms. The van der Waals surface area contributed by atoms with Crippen molar-refractivity contribution in [3.05, 3.63) is 35.6 Å². The summed E-state index contributed by atoms with van der Waals surface area (Å²) in [5.41, 5.74) is 0.968. The van der Waals surface area contributed by atoms with Crippen molar-refractivity contribution in [2.75, 3.05) is 6.54 Å². The number of piperidine rings is 1. The van der Waals surface area contributed by atoms with Gasteiger partial charge in [-0.1, -0.05) is 12.1 Å². The molecule has 1 heterocycles. The van der Waals surface area contributed by atoms with Crippen LogP contribution in [0.3, 0.4) is 0 Å². The van der Waals surface area contributed by atoms with Gasteiger partial charge in [0.05, 0.1) is 0 Å². The number of benzene rings is 1. The number of nitrogens with one attached hydrogen (secondary N) is 1. The van der Waals surface area contributed by atoms with Gasteiger partial charge < -0.3 is 10.1 Å². The predicted octanol–water partition coefficient (Wildman–Crippen LogP) is 2.05. The van der Waals surface area contributed by atoms with Crippen LogP contribution in [-0.2, 0) is 16.0 Å². The van der Waals surface area contributed by atoms with Crippen molar-refractivity contribution in [1.82, 2.24) is 5.32 Å². The highest BCUT2D eigenvalue weighted by atomic mass is 19.1. The van der Waals surface area contributed by atoms with E-state index in [0.717, 1.165) is 31.4 Å². The third-order valence-electron chi connectivity index (χ3n) is 3.15. The van der Waals surface area contributed by atoms with Crippen LogP contribution in [0.2, 0.25) is 0 Å². The van der Waals surface area contributed by atoms with E-state index in [1.54, 1.807) is 12.1 Å². The number of esters is 1. The number of hydrogen-bond acceptors (Lipinski definition) is 3. The van der Waals surface area contributed by atoms with E-state index in [-0.39, 0.29) is 23.9 Å². The quantitative estimate of drug-likeness (QED) is 0.836. The van der Waals surface area contributed by atoms with Gasteiger partial charge in [-0.2, -0.15) is 0 Å². The second kappa shape index (κ2) is 5.96. The first-order valence-electron chi connectivity index (χ1n) is 6.28. The Morgan fingerprint density at radius 1 is 1.56 bits per heavy atom. The maximum Gasteiger partial charge on any atom is 0.302 e. The molecule has 2 unspecified atom stereocenters. The van der Waals surface area contributed by atoms with Crippen molar-refractivity contribution in [2.24, 2.45) is 0 Å². The molecule has 1 saturated heterocycles. The Balaban J connectivity index is 1.91. The van der Waals surface area contributed by atoms with Crippen LogP contribution in [0, 0.1) is 5.82 Å². The van der Waals surface area contributed by atoms with E-state index in [4.69, 9.17) is 4.74 Å². The van der Waals surface area contributed by atoms with Gasteiger partial charge in [0.2, 0.25) is 0 Å². The minimum atomic E-state index is -0.230. The molecular weight excluding hydrogens is 233 g/mol. The Hall–Kier alpha value is -1.42. The summed E-state index contributed by atoms with van der Waals surface area (Å²) in [6.45, 7) is 2.27. The van der Waals surface area contributed by atoms with E-state index in [1.165, 1.54) is 13.0 Å². The van der Waals surface area contributed by atoms with Gasteiger partial charge in [0.15, 0.2) is 0 Å². The molecule has 1 aromatic carbocycles. The molecule has 0 aromatic heterocycles. The van der Waals surface area contributed by atoms with Gasteiger partial charge in [0.25, 0.3) is 0 Å².